The van der Waals surface area contributed by atoms with Gasteiger partial charge in [0.15, 0.2) is 5.82 Å². The fourth-order valence-corrected chi connectivity index (χ4v) is 6.37. The SMILES string of the molecule is CN1C[C@H](F)C[C@H]1COc1nc(N2C3CNCC2COC3)c2ccc(-c3cc(O)cc4ccccc34)c(F)c2n1. The van der Waals surface area contributed by atoms with Gasteiger partial charge in [-0.15, -0.1) is 0 Å². The lowest BCUT2D eigenvalue weighted by Crippen LogP contribution is -2.64. The van der Waals surface area contributed by atoms with E-state index in [1.165, 1.54) is 0 Å². The lowest BCUT2D eigenvalue weighted by molar-refractivity contribution is 0.0523. The molecule has 1 aromatic heterocycles. The molecule has 8 nitrogen and oxygen atoms in total. The average molecular weight is 548 g/mol. The number of likely N-dealkylation sites (tertiary alicyclic amines) is 1. The number of likely N-dealkylation sites (N-methyl/N-ethyl adjacent to an activating group) is 1. The number of ether oxygens (including phenoxy) is 2. The standard InChI is InChI=1S/C30H31F2N5O3/c1-36-13-18(31)9-19(36)16-40-30-34-28-25(29(35-30)37-20-11-33-12-21(37)15-39-14-20)7-6-24(27(28)32)26-10-22(38)8-17-4-2-3-5-23(17)26/h2-8,10,18-21,33,38H,9,11-16H2,1H3/t18-,19+,20?,21?/m1/s1. The number of benzene rings is 3. The molecule has 4 heterocycles. The first kappa shape index (κ1) is 25.4. The zero-order chi connectivity index (χ0) is 27.4. The van der Waals surface area contributed by atoms with E-state index in [0.29, 0.717) is 48.5 Å². The summed E-state index contributed by atoms with van der Waals surface area (Å²) in [5.41, 5.74) is 1.05. The van der Waals surface area contributed by atoms with Gasteiger partial charge < -0.3 is 24.8 Å². The molecule has 4 aromatic rings. The van der Waals surface area contributed by atoms with Crippen LogP contribution in [0.1, 0.15) is 6.42 Å². The molecule has 3 aliphatic rings. The highest BCUT2D eigenvalue weighted by atomic mass is 19.1. The summed E-state index contributed by atoms with van der Waals surface area (Å²) in [4.78, 5) is 13.5. The maximum atomic E-state index is 16.5. The van der Waals surface area contributed by atoms with Gasteiger partial charge in [0.1, 0.15) is 29.9 Å². The zero-order valence-electron chi connectivity index (χ0n) is 22.2. The second kappa shape index (κ2) is 10.1. The molecule has 4 atom stereocenters. The van der Waals surface area contributed by atoms with Crippen molar-refractivity contribution in [2.75, 3.05) is 51.4 Å². The molecular formula is C30H31F2N5O3. The van der Waals surface area contributed by atoms with E-state index >= 15 is 4.39 Å². The zero-order valence-corrected chi connectivity index (χ0v) is 22.2. The van der Waals surface area contributed by atoms with Crippen molar-refractivity contribution in [2.24, 2.45) is 0 Å². The fraction of sp³-hybridized carbons (Fsp3) is 0.400. The van der Waals surface area contributed by atoms with Crippen molar-refractivity contribution in [3.63, 3.8) is 0 Å². The maximum absolute atomic E-state index is 16.5. The Kier molecular flexibility index (Phi) is 6.41. The number of hydrogen-bond donors (Lipinski definition) is 2. The van der Waals surface area contributed by atoms with Crippen LogP contribution < -0.4 is 15.0 Å². The Labute approximate surface area is 230 Å². The smallest absolute Gasteiger partial charge is 0.319 e. The van der Waals surface area contributed by atoms with Crippen molar-refractivity contribution >= 4 is 27.5 Å². The van der Waals surface area contributed by atoms with Crippen molar-refractivity contribution in [1.29, 1.82) is 0 Å². The van der Waals surface area contributed by atoms with Crippen molar-refractivity contribution < 1.29 is 23.4 Å². The number of piperazine rings is 1. The third-order valence-corrected chi connectivity index (χ3v) is 8.36. The van der Waals surface area contributed by atoms with Crippen LogP contribution in [-0.4, -0.2) is 90.8 Å². The summed E-state index contributed by atoms with van der Waals surface area (Å²) in [5, 5.41) is 16.1. The molecule has 2 bridgehead atoms. The van der Waals surface area contributed by atoms with E-state index in [1.54, 1.807) is 18.2 Å². The Morgan fingerprint density at radius 2 is 1.85 bits per heavy atom. The minimum atomic E-state index is -0.899. The average Bonchev–Trinajstić information content (AvgIpc) is 3.27. The van der Waals surface area contributed by atoms with E-state index < -0.39 is 12.0 Å². The van der Waals surface area contributed by atoms with Gasteiger partial charge in [0, 0.05) is 36.6 Å². The first-order valence-electron chi connectivity index (χ1n) is 13.7. The van der Waals surface area contributed by atoms with Gasteiger partial charge >= 0.3 is 6.01 Å². The molecule has 3 fully saturated rings. The normalized spacial score (nSPS) is 25.1. The number of aromatic hydroxyl groups is 1. The molecule has 0 aliphatic carbocycles. The van der Waals surface area contributed by atoms with Crippen LogP contribution in [0, 0.1) is 5.82 Å². The predicted molar refractivity (Wildman–Crippen MR) is 149 cm³/mol. The van der Waals surface area contributed by atoms with E-state index in [-0.39, 0.29) is 42.0 Å². The molecule has 3 saturated heterocycles. The van der Waals surface area contributed by atoms with Crippen LogP contribution in [0.3, 0.4) is 0 Å². The van der Waals surface area contributed by atoms with Gasteiger partial charge in [0.05, 0.1) is 25.3 Å². The third-order valence-electron chi connectivity index (χ3n) is 8.36. The Hall–Kier alpha value is -3.60. The monoisotopic (exact) mass is 547 g/mol. The van der Waals surface area contributed by atoms with E-state index in [0.717, 1.165) is 23.9 Å². The summed E-state index contributed by atoms with van der Waals surface area (Å²) in [6.45, 7) is 3.07. The topological polar surface area (TPSA) is 83.0 Å². The lowest BCUT2D eigenvalue weighted by atomic mass is 9.96. The van der Waals surface area contributed by atoms with Crippen LogP contribution >= 0.6 is 0 Å². The summed E-state index contributed by atoms with van der Waals surface area (Å²) in [6.07, 6.45) is -0.525. The number of aromatic nitrogens is 2. The molecule has 0 amide bonds. The van der Waals surface area contributed by atoms with E-state index in [9.17, 15) is 9.50 Å². The quantitative estimate of drug-likeness (QED) is 0.390. The van der Waals surface area contributed by atoms with Crippen molar-refractivity contribution in [3.8, 4) is 22.9 Å². The molecule has 10 heteroatoms. The fourth-order valence-electron chi connectivity index (χ4n) is 6.37. The summed E-state index contributed by atoms with van der Waals surface area (Å²) >= 11 is 0. The highest BCUT2D eigenvalue weighted by Gasteiger charge is 2.37. The molecule has 2 unspecified atom stereocenters. The molecule has 0 spiro atoms. The maximum Gasteiger partial charge on any atom is 0.319 e. The first-order chi connectivity index (χ1) is 19.5. The number of rotatable bonds is 5. The van der Waals surface area contributed by atoms with Crippen LogP contribution in [0.15, 0.2) is 48.5 Å². The minimum absolute atomic E-state index is 0.0319. The van der Waals surface area contributed by atoms with Crippen LogP contribution in [0.4, 0.5) is 14.6 Å². The van der Waals surface area contributed by atoms with Crippen LogP contribution in [-0.2, 0) is 4.74 Å². The number of anilines is 1. The number of fused-ring (bicyclic) bond motifs is 4. The molecule has 40 heavy (non-hydrogen) atoms. The molecule has 3 aliphatic heterocycles. The van der Waals surface area contributed by atoms with E-state index in [2.05, 4.69) is 15.2 Å². The molecule has 3 aromatic carbocycles. The number of hydrogen-bond acceptors (Lipinski definition) is 8. The molecular weight excluding hydrogens is 516 g/mol. The largest absolute Gasteiger partial charge is 0.508 e. The van der Waals surface area contributed by atoms with E-state index in [4.69, 9.17) is 14.5 Å². The molecule has 208 valence electrons. The summed E-state index contributed by atoms with van der Waals surface area (Å²) in [6, 6.07) is 14.4. The Morgan fingerprint density at radius 3 is 2.62 bits per heavy atom. The third kappa shape index (κ3) is 4.40. The molecule has 2 N–H and O–H groups in total. The molecule has 0 radical (unpaired) electrons. The van der Waals surface area contributed by atoms with Gasteiger partial charge in [-0.05, 0) is 48.0 Å². The number of halogens is 2. The summed E-state index contributed by atoms with van der Waals surface area (Å²) in [5.74, 6) is 0.148. The Balaban J connectivity index is 1.37. The van der Waals surface area contributed by atoms with Gasteiger partial charge in [0.2, 0.25) is 0 Å². The summed E-state index contributed by atoms with van der Waals surface area (Å²) in [7, 11) is 1.87. The van der Waals surface area contributed by atoms with Crippen LogP contribution in [0.2, 0.25) is 0 Å². The second-order valence-corrected chi connectivity index (χ2v) is 11.0. The highest BCUT2D eigenvalue weighted by molar-refractivity contribution is 6.01. The van der Waals surface area contributed by atoms with Gasteiger partial charge in [-0.1, -0.05) is 30.3 Å². The van der Waals surface area contributed by atoms with Crippen molar-refractivity contribution in [3.05, 3.63) is 54.3 Å². The second-order valence-electron chi connectivity index (χ2n) is 11.0. The van der Waals surface area contributed by atoms with Gasteiger partial charge in [0.25, 0.3) is 0 Å². The first-order valence-corrected chi connectivity index (χ1v) is 13.7. The predicted octanol–water partition coefficient (Wildman–Crippen LogP) is 3.89. The van der Waals surface area contributed by atoms with Gasteiger partial charge in [-0.25, -0.2) is 8.78 Å². The van der Waals surface area contributed by atoms with Gasteiger partial charge in [-0.3, -0.25) is 4.90 Å². The van der Waals surface area contributed by atoms with Crippen molar-refractivity contribution in [1.82, 2.24) is 20.2 Å². The van der Waals surface area contributed by atoms with Crippen molar-refractivity contribution in [2.45, 2.75) is 30.7 Å². The number of phenols is 1. The lowest BCUT2D eigenvalue weighted by Gasteiger charge is -2.47. The Bertz CT molecular complexity index is 1560. The number of phenolic OH excluding ortho intramolecular Hbond substituents is 1. The minimum Gasteiger partial charge on any atom is -0.508 e. The van der Waals surface area contributed by atoms with Crippen LogP contribution in [0.25, 0.3) is 32.8 Å². The molecule has 0 saturated carbocycles. The Morgan fingerprint density at radius 1 is 1.05 bits per heavy atom. The molecule has 7 rings (SSSR count). The number of nitrogens with zero attached hydrogens (tertiary/aromatic N) is 4. The van der Waals surface area contributed by atoms with Crippen LogP contribution in [0.5, 0.6) is 11.8 Å². The summed E-state index contributed by atoms with van der Waals surface area (Å²) < 4.78 is 42.4. The number of nitrogens with one attached hydrogen (secondary N) is 1. The number of alkyl halides is 1. The number of morpholine rings is 1. The highest BCUT2D eigenvalue weighted by Crippen LogP contribution is 2.39. The van der Waals surface area contributed by atoms with E-state index in [1.807, 2.05) is 42.3 Å². The van der Waals surface area contributed by atoms with Gasteiger partial charge in [-0.2, -0.15) is 9.97 Å².